The number of amidine groups is 1. The van der Waals surface area contributed by atoms with E-state index in [0.29, 0.717) is 15.1 Å². The summed E-state index contributed by atoms with van der Waals surface area (Å²) < 4.78 is 0. The number of nitrogens with zero attached hydrogens (tertiary/aromatic N) is 2. The van der Waals surface area contributed by atoms with Crippen LogP contribution in [0.4, 0.5) is 11.4 Å². The largest absolute Gasteiger partial charge is 0.271 e. The van der Waals surface area contributed by atoms with Crippen molar-refractivity contribution in [2.45, 2.75) is 13.8 Å². The van der Waals surface area contributed by atoms with Gasteiger partial charge in [-0.25, -0.2) is 4.99 Å². The van der Waals surface area contributed by atoms with E-state index in [-0.39, 0.29) is 5.91 Å². The number of anilines is 1. The molecule has 0 aliphatic carbocycles. The van der Waals surface area contributed by atoms with Gasteiger partial charge in [-0.1, -0.05) is 60.1 Å². The van der Waals surface area contributed by atoms with Gasteiger partial charge < -0.3 is 0 Å². The third kappa shape index (κ3) is 4.14. The zero-order chi connectivity index (χ0) is 20.4. The molecule has 0 atom stereocenters. The summed E-state index contributed by atoms with van der Waals surface area (Å²) in [5.74, 6) is -0.0823. The highest BCUT2D eigenvalue weighted by molar-refractivity contribution is 8.19. The van der Waals surface area contributed by atoms with Gasteiger partial charge in [-0.2, -0.15) is 0 Å². The van der Waals surface area contributed by atoms with Crippen molar-refractivity contribution in [3.63, 3.8) is 0 Å². The highest BCUT2D eigenvalue weighted by Crippen LogP contribution is 2.38. The topological polar surface area (TPSA) is 32.7 Å². The Balaban J connectivity index is 1.81. The van der Waals surface area contributed by atoms with Gasteiger partial charge in [0.15, 0.2) is 5.17 Å². The van der Waals surface area contributed by atoms with E-state index in [4.69, 9.17) is 16.6 Å². The van der Waals surface area contributed by atoms with E-state index in [1.54, 1.807) is 4.90 Å². The molecule has 1 aliphatic rings. The van der Waals surface area contributed by atoms with E-state index in [1.807, 2.05) is 92.7 Å². The van der Waals surface area contributed by atoms with E-state index < -0.39 is 0 Å². The summed E-state index contributed by atoms with van der Waals surface area (Å²) in [5.41, 5.74) is 4.78. The molecule has 0 bridgehead atoms. The lowest BCUT2D eigenvalue weighted by molar-refractivity contribution is -0.113. The van der Waals surface area contributed by atoms with Crippen LogP contribution in [0, 0.1) is 13.8 Å². The van der Waals surface area contributed by atoms with Crippen LogP contribution in [0.1, 0.15) is 16.7 Å². The third-order valence-electron chi connectivity index (χ3n) is 4.64. The van der Waals surface area contributed by atoms with Crippen LogP contribution in [0.25, 0.3) is 6.08 Å². The number of aliphatic imine (C=N–C) groups is 1. The first-order chi connectivity index (χ1) is 14.0. The van der Waals surface area contributed by atoms with Gasteiger partial charge in [-0.05, 0) is 72.6 Å². The molecule has 0 radical (unpaired) electrons. The minimum atomic E-state index is -0.0823. The van der Waals surface area contributed by atoms with Crippen LogP contribution in [0.5, 0.6) is 0 Å². The summed E-state index contributed by atoms with van der Waals surface area (Å²) >= 11 is 7.37. The number of carbonyl (C=O) groups excluding carboxylic acids is 1. The van der Waals surface area contributed by atoms with Crippen molar-refractivity contribution >= 4 is 51.9 Å². The van der Waals surface area contributed by atoms with Gasteiger partial charge >= 0.3 is 0 Å². The second-order valence-electron chi connectivity index (χ2n) is 6.77. The number of aryl methyl sites for hydroxylation is 2. The van der Waals surface area contributed by atoms with Crippen LogP contribution in [0.2, 0.25) is 5.02 Å². The Kier molecular flexibility index (Phi) is 5.56. The summed E-state index contributed by atoms with van der Waals surface area (Å²) in [6.45, 7) is 4.07. The summed E-state index contributed by atoms with van der Waals surface area (Å²) in [4.78, 5) is 20.5. The Morgan fingerprint density at radius 3 is 2.21 bits per heavy atom. The lowest BCUT2D eigenvalue weighted by atomic mass is 10.1. The number of benzene rings is 3. The summed E-state index contributed by atoms with van der Waals surface area (Å²) in [7, 11) is 0. The molecule has 1 saturated heterocycles. The molecule has 3 aromatic rings. The number of rotatable bonds is 3. The molecule has 0 spiro atoms. The fourth-order valence-corrected chi connectivity index (χ4v) is 4.25. The number of amides is 1. The van der Waals surface area contributed by atoms with Crippen LogP contribution >= 0.6 is 23.4 Å². The van der Waals surface area contributed by atoms with Gasteiger partial charge in [0.2, 0.25) is 0 Å². The van der Waals surface area contributed by atoms with Crippen molar-refractivity contribution in [1.29, 1.82) is 0 Å². The molecule has 3 nitrogen and oxygen atoms in total. The average Bonchev–Trinajstić information content (AvgIpc) is 3.02. The molecule has 0 unspecified atom stereocenters. The van der Waals surface area contributed by atoms with Crippen LogP contribution in [0.3, 0.4) is 0 Å². The summed E-state index contributed by atoms with van der Waals surface area (Å²) in [5, 5.41) is 1.32. The fraction of sp³-hybridized carbons (Fsp3) is 0.0833. The zero-order valence-corrected chi connectivity index (χ0v) is 17.7. The lowest BCUT2D eigenvalue weighted by Gasteiger charge is -2.16. The number of halogens is 1. The second kappa shape index (κ2) is 8.27. The molecule has 0 saturated carbocycles. The van der Waals surface area contributed by atoms with Crippen molar-refractivity contribution in [2.24, 2.45) is 4.99 Å². The minimum absolute atomic E-state index is 0.0823. The first kappa shape index (κ1) is 19.5. The molecule has 0 N–H and O–H groups in total. The number of para-hydroxylation sites is 2. The van der Waals surface area contributed by atoms with Gasteiger partial charge in [-0.3, -0.25) is 9.69 Å². The van der Waals surface area contributed by atoms with Gasteiger partial charge in [0, 0.05) is 5.02 Å². The van der Waals surface area contributed by atoms with Gasteiger partial charge in [0.1, 0.15) is 0 Å². The van der Waals surface area contributed by atoms with Crippen molar-refractivity contribution in [3.8, 4) is 0 Å². The molecule has 4 rings (SSSR count). The predicted octanol–water partition coefficient (Wildman–Crippen LogP) is 6.77. The Labute approximate surface area is 179 Å². The molecular formula is C24H19ClN2OS. The van der Waals surface area contributed by atoms with E-state index >= 15 is 0 Å². The number of hydrogen-bond donors (Lipinski definition) is 0. The van der Waals surface area contributed by atoms with Crippen molar-refractivity contribution in [2.75, 3.05) is 4.90 Å². The van der Waals surface area contributed by atoms with E-state index in [2.05, 4.69) is 0 Å². The van der Waals surface area contributed by atoms with Crippen molar-refractivity contribution in [1.82, 2.24) is 0 Å². The van der Waals surface area contributed by atoms with Gasteiger partial charge in [0.05, 0.1) is 16.3 Å². The van der Waals surface area contributed by atoms with Crippen LogP contribution < -0.4 is 4.90 Å². The quantitative estimate of drug-likeness (QED) is 0.440. The highest BCUT2D eigenvalue weighted by Gasteiger charge is 2.34. The third-order valence-corrected chi connectivity index (χ3v) is 5.86. The fourth-order valence-electron chi connectivity index (χ4n) is 3.14. The first-order valence-electron chi connectivity index (χ1n) is 9.22. The molecule has 29 heavy (non-hydrogen) atoms. The van der Waals surface area contributed by atoms with Gasteiger partial charge in [0.25, 0.3) is 5.91 Å². The number of carbonyl (C=O) groups is 1. The standard InChI is InChI=1S/C24H19ClN2OS/c1-16-7-6-8-17(2)22(16)26-24-27(20-9-4-3-5-10-20)23(28)21(29-24)15-18-11-13-19(25)14-12-18/h3-15H,1-2H3/b21-15-,26-24?. The molecule has 1 amide bonds. The van der Waals surface area contributed by atoms with E-state index in [9.17, 15) is 4.79 Å². The molecule has 5 heteroatoms. The lowest BCUT2D eigenvalue weighted by Crippen LogP contribution is -2.28. The Morgan fingerprint density at radius 1 is 0.897 bits per heavy atom. The SMILES string of the molecule is Cc1cccc(C)c1N=C1S/C(=C\c2ccc(Cl)cc2)C(=O)N1c1ccccc1. The Bertz CT molecular complexity index is 1100. The van der Waals surface area contributed by atoms with Crippen LogP contribution in [0.15, 0.2) is 82.7 Å². The normalized spacial score (nSPS) is 16.8. The highest BCUT2D eigenvalue weighted by atomic mass is 35.5. The summed E-state index contributed by atoms with van der Waals surface area (Å²) in [6, 6.07) is 23.1. The summed E-state index contributed by atoms with van der Waals surface area (Å²) in [6.07, 6.45) is 1.88. The molecule has 1 aliphatic heterocycles. The monoisotopic (exact) mass is 418 g/mol. The zero-order valence-electron chi connectivity index (χ0n) is 16.1. The number of thioether (sulfide) groups is 1. The molecule has 1 fully saturated rings. The average molecular weight is 419 g/mol. The maximum absolute atomic E-state index is 13.3. The maximum atomic E-state index is 13.3. The van der Waals surface area contributed by atoms with Crippen LogP contribution in [-0.2, 0) is 4.79 Å². The van der Waals surface area contributed by atoms with Gasteiger partial charge in [-0.15, -0.1) is 0 Å². The van der Waals surface area contributed by atoms with Crippen LogP contribution in [-0.4, -0.2) is 11.1 Å². The Morgan fingerprint density at radius 2 is 1.55 bits per heavy atom. The van der Waals surface area contributed by atoms with E-state index in [0.717, 1.165) is 28.1 Å². The second-order valence-corrected chi connectivity index (χ2v) is 8.22. The molecule has 3 aromatic carbocycles. The molecule has 144 valence electrons. The minimum Gasteiger partial charge on any atom is -0.268 e. The smallest absolute Gasteiger partial charge is 0.268 e. The van der Waals surface area contributed by atoms with E-state index in [1.165, 1.54) is 11.8 Å². The van der Waals surface area contributed by atoms with Crippen molar-refractivity contribution in [3.05, 3.63) is 99.4 Å². The number of hydrogen-bond acceptors (Lipinski definition) is 3. The van der Waals surface area contributed by atoms with Crippen molar-refractivity contribution < 1.29 is 4.79 Å². The maximum Gasteiger partial charge on any atom is 0.271 e. The molecule has 1 heterocycles. The predicted molar refractivity (Wildman–Crippen MR) is 124 cm³/mol. The Hall–Kier alpha value is -2.82. The molecule has 0 aromatic heterocycles. The molecular weight excluding hydrogens is 400 g/mol. The first-order valence-corrected chi connectivity index (χ1v) is 10.4.